The number of carboxylic acid groups (broad SMARTS) is 1. The highest BCUT2D eigenvalue weighted by Crippen LogP contribution is 2.42. The van der Waals surface area contributed by atoms with E-state index in [1.165, 1.54) is 33.4 Å². The minimum Gasteiger partial charge on any atom is -0.477 e. The largest absolute Gasteiger partial charge is 0.477 e. The van der Waals surface area contributed by atoms with Crippen molar-refractivity contribution in [2.45, 2.75) is 216 Å². The molecule has 24 heteroatoms. The number of likely N-dealkylation sites (N-methyl/N-ethyl adjacent to an activating group) is 1. The minimum absolute atomic E-state index is 0.0276. The molecule has 6 rings (SSSR count). The number of ether oxygens (including phenoxy) is 7. The molecule has 5 heterocycles. The van der Waals surface area contributed by atoms with Gasteiger partial charge in [-0.2, -0.15) is 0 Å². The Morgan fingerprint density at radius 1 is 0.938 bits per heavy atom. The number of carbonyl (C=O) groups is 3. The Labute approximate surface area is 475 Å². The Kier molecular flexibility index (Phi) is 21.5. The first-order valence-corrected chi connectivity index (χ1v) is 29.9. The van der Waals surface area contributed by atoms with Crippen LogP contribution in [0.2, 0.25) is 0 Å². The van der Waals surface area contributed by atoms with E-state index in [1.807, 2.05) is 32.8 Å². The molecule has 4 aliphatic heterocycles. The smallest absolute Gasteiger partial charge is 0.341 e. The van der Waals surface area contributed by atoms with Crippen LogP contribution in [0.3, 0.4) is 0 Å². The van der Waals surface area contributed by atoms with Gasteiger partial charge in [-0.3, -0.25) is 14.4 Å². The fourth-order valence-corrected chi connectivity index (χ4v) is 13.9. The van der Waals surface area contributed by atoms with Crippen molar-refractivity contribution < 1.29 is 86.3 Å². The summed E-state index contributed by atoms with van der Waals surface area (Å²) in [4.78, 5) is 60.5. The number of oxime groups is 1. The number of aliphatic hydroxyl groups is 4. The standard InChI is InChI=1S/C57H90N4O19S/c1-16-41-57(11,70)49(65)32(5)44(59-74-15)29(2)26-55(9,69)50(80-54-47(64)40(60(12)13)23-31(4)75-54)33(6)48(34(7)53(68)77-41)79-43-27-56(10,73-14)51(35(8)76-43)78-42(62)19-20-58-21-22-81(71,72)37-24-36-18-17-30(3)61-28-39(52(66)67)46(63)38(25-37)45(36)61/h24-25,28-35,40-41,43,47-51,54,58,64-65,69-70H,16-23,26-27H2,1-15H3,(H,66,67)/b59-44+/t29?,30?,31-,32+,33?,34-,35+,40+,41?,43?,47?,48+,49?,50-,51?,54+,55-,56?,57?/m1/s1. The average molecular weight is 1170 g/mol. The van der Waals surface area contributed by atoms with Crippen LogP contribution in [0.4, 0.5) is 0 Å². The fourth-order valence-electron chi connectivity index (χ4n) is 12.7. The highest BCUT2D eigenvalue weighted by molar-refractivity contribution is 7.91. The first-order valence-electron chi connectivity index (χ1n) is 28.3. The zero-order chi connectivity index (χ0) is 60.4. The lowest BCUT2D eigenvalue weighted by atomic mass is 9.73. The first kappa shape index (κ1) is 66.0. The number of carbonyl (C=O) groups excluding carboxylic acids is 2. The lowest BCUT2D eigenvalue weighted by Crippen LogP contribution is -2.61. The molecule has 81 heavy (non-hydrogen) atoms. The maximum Gasteiger partial charge on any atom is 0.341 e. The summed E-state index contributed by atoms with van der Waals surface area (Å²) in [5, 5.41) is 65.6. The summed E-state index contributed by atoms with van der Waals surface area (Å²) in [6, 6.07) is 2.31. The number of carboxylic acids is 1. The molecule has 3 fully saturated rings. The maximum atomic E-state index is 14.6. The number of methoxy groups -OCH3 is 1. The molecule has 0 amide bonds. The zero-order valence-corrected chi connectivity index (χ0v) is 50.6. The summed E-state index contributed by atoms with van der Waals surface area (Å²) in [6.45, 7) is 18.6. The molecule has 6 N–H and O–H groups in total. The van der Waals surface area contributed by atoms with Gasteiger partial charge < -0.3 is 78.3 Å². The molecule has 0 aliphatic carbocycles. The average Bonchev–Trinajstić information content (AvgIpc) is 3.60. The molecule has 10 unspecified atom stereocenters. The van der Waals surface area contributed by atoms with Gasteiger partial charge in [-0.15, -0.1) is 0 Å². The summed E-state index contributed by atoms with van der Waals surface area (Å²) in [7, 11) is 2.49. The molecular formula is C57H90N4O19S. The van der Waals surface area contributed by atoms with Gasteiger partial charge in [0.05, 0.1) is 70.3 Å². The Morgan fingerprint density at radius 2 is 1.62 bits per heavy atom. The SMILES string of the molecule is CCC1OC(=O)[C@H](C)[C@@H](OC2CC(C)(OC)C(OC(=O)CCNCCS(=O)(=O)c3cc4c5c(c3)c(=O)c(C(=O)O)cn5C(C)CC4)[C@H](C)O2)C(C)[C@@H](O[C@@H]2O[C@H](C)C[C@H](N(C)C)C2O)[C@](C)(O)CC(C)/C(=N\OC)[C@H](C)C(O)C1(C)O. The predicted molar refractivity (Wildman–Crippen MR) is 297 cm³/mol. The molecule has 4 aliphatic rings. The van der Waals surface area contributed by atoms with Crippen LogP contribution >= 0.6 is 0 Å². The molecule has 0 radical (unpaired) electrons. The summed E-state index contributed by atoms with van der Waals surface area (Å²) in [5.41, 5.74) is -4.81. The van der Waals surface area contributed by atoms with Gasteiger partial charge in [0.25, 0.3) is 0 Å². The van der Waals surface area contributed by atoms with Crippen molar-refractivity contribution in [1.82, 2.24) is 14.8 Å². The summed E-state index contributed by atoms with van der Waals surface area (Å²) >= 11 is 0. The van der Waals surface area contributed by atoms with Gasteiger partial charge in [-0.05, 0) is 112 Å². The van der Waals surface area contributed by atoms with Crippen LogP contribution in [-0.4, -0.2) is 198 Å². The maximum absolute atomic E-state index is 14.6. The van der Waals surface area contributed by atoms with E-state index in [9.17, 15) is 53.1 Å². The van der Waals surface area contributed by atoms with Gasteiger partial charge >= 0.3 is 17.9 Å². The number of aromatic nitrogens is 1. The number of hydrogen-bond acceptors (Lipinski definition) is 21. The number of aliphatic hydroxyl groups excluding tert-OH is 2. The number of hydrogen-bond donors (Lipinski definition) is 6. The van der Waals surface area contributed by atoms with E-state index in [2.05, 4.69) is 10.5 Å². The van der Waals surface area contributed by atoms with Crippen molar-refractivity contribution in [2.75, 3.05) is 47.2 Å². The second-order valence-corrected chi connectivity index (χ2v) is 26.1. The number of esters is 2. The number of aryl methyl sites for hydroxylation is 1. The topological polar surface area (TPSA) is 310 Å². The number of rotatable bonds is 17. The molecule has 1 aromatic carbocycles. The Balaban J connectivity index is 1.21. The number of sulfone groups is 1. The van der Waals surface area contributed by atoms with Crippen LogP contribution in [0.5, 0.6) is 0 Å². The third-order valence-electron chi connectivity index (χ3n) is 17.4. The van der Waals surface area contributed by atoms with Gasteiger partial charge in [-0.25, -0.2) is 13.2 Å². The number of cyclic esters (lactones) is 1. The van der Waals surface area contributed by atoms with Crippen molar-refractivity contribution in [3.8, 4) is 0 Å². The highest BCUT2D eigenvalue weighted by Gasteiger charge is 2.54. The van der Waals surface area contributed by atoms with Crippen molar-refractivity contribution in [3.05, 3.63) is 39.7 Å². The molecule has 458 valence electrons. The molecule has 19 atom stereocenters. The van der Waals surface area contributed by atoms with E-state index < -0.39 is 135 Å². The molecule has 0 bridgehead atoms. The Bertz CT molecular complexity index is 2750. The van der Waals surface area contributed by atoms with Crippen molar-refractivity contribution in [2.24, 2.45) is 28.8 Å². The number of nitrogens with zero attached hydrogens (tertiary/aromatic N) is 3. The fraction of sp³-hybridized carbons (Fsp3) is 0.772. The normalized spacial score (nSPS) is 37.9. The van der Waals surface area contributed by atoms with E-state index in [0.717, 1.165) is 0 Å². The van der Waals surface area contributed by atoms with Crippen LogP contribution in [0.25, 0.3) is 10.9 Å². The van der Waals surface area contributed by atoms with Gasteiger partial charge in [0.15, 0.2) is 28.5 Å². The number of pyridine rings is 1. The molecule has 2 aromatic rings. The van der Waals surface area contributed by atoms with Crippen LogP contribution in [0.15, 0.2) is 33.2 Å². The van der Waals surface area contributed by atoms with E-state index in [1.54, 1.807) is 66.0 Å². The van der Waals surface area contributed by atoms with Gasteiger partial charge in [0.1, 0.15) is 36.1 Å². The molecule has 0 saturated carbocycles. The Morgan fingerprint density at radius 3 is 2.23 bits per heavy atom. The minimum atomic E-state index is -3.98. The van der Waals surface area contributed by atoms with Crippen LogP contribution in [-0.2, 0) is 63.8 Å². The van der Waals surface area contributed by atoms with Gasteiger partial charge in [-0.1, -0.05) is 32.9 Å². The first-order chi connectivity index (χ1) is 37.7. The van der Waals surface area contributed by atoms with E-state index in [0.29, 0.717) is 36.1 Å². The Hall–Kier alpha value is -4.18. The number of nitrogens with one attached hydrogen (secondary N) is 1. The lowest BCUT2D eigenvalue weighted by Gasteiger charge is -2.49. The number of benzene rings is 1. The zero-order valence-electron chi connectivity index (χ0n) is 49.7. The molecule has 1 aromatic heterocycles. The van der Waals surface area contributed by atoms with Crippen LogP contribution < -0.4 is 10.7 Å². The van der Waals surface area contributed by atoms with E-state index >= 15 is 0 Å². The molecular weight excluding hydrogens is 1080 g/mol. The predicted octanol–water partition coefficient (Wildman–Crippen LogP) is 3.74. The van der Waals surface area contributed by atoms with Gasteiger partial charge in [0, 0.05) is 68.0 Å². The quantitative estimate of drug-likeness (QED) is 0.0746. The molecule has 23 nitrogen and oxygen atoms in total. The van der Waals surface area contributed by atoms with Gasteiger partial charge in [0.2, 0.25) is 5.43 Å². The third-order valence-corrected chi connectivity index (χ3v) is 19.1. The second-order valence-electron chi connectivity index (χ2n) is 24.0. The van der Waals surface area contributed by atoms with E-state index in [4.69, 9.17) is 38.0 Å². The third kappa shape index (κ3) is 14.3. The highest BCUT2D eigenvalue weighted by atomic mass is 32.2. The van der Waals surface area contributed by atoms with Crippen LogP contribution in [0.1, 0.15) is 137 Å². The summed E-state index contributed by atoms with van der Waals surface area (Å²) in [5.74, 6) is -6.83. The second kappa shape index (κ2) is 26.4. The summed E-state index contributed by atoms with van der Waals surface area (Å²) in [6.07, 6.45) is -8.27. The molecule has 3 saturated heterocycles. The van der Waals surface area contributed by atoms with Crippen molar-refractivity contribution >= 4 is 44.4 Å². The summed E-state index contributed by atoms with van der Waals surface area (Å²) < 4.78 is 73.7. The molecule has 0 spiro atoms. The number of aromatic carboxylic acids is 1. The van der Waals surface area contributed by atoms with Crippen molar-refractivity contribution in [1.29, 1.82) is 0 Å². The monoisotopic (exact) mass is 1170 g/mol. The van der Waals surface area contributed by atoms with E-state index in [-0.39, 0.29) is 73.0 Å². The van der Waals surface area contributed by atoms with Crippen LogP contribution in [0, 0.1) is 23.7 Å². The lowest BCUT2D eigenvalue weighted by molar-refractivity contribution is -0.318. The van der Waals surface area contributed by atoms with Crippen molar-refractivity contribution in [3.63, 3.8) is 0 Å².